The van der Waals surface area contributed by atoms with Gasteiger partial charge in [-0.05, 0) is 62.4 Å². The van der Waals surface area contributed by atoms with Gasteiger partial charge in [0.2, 0.25) is 15.9 Å². The summed E-state index contributed by atoms with van der Waals surface area (Å²) in [6.45, 7) is 3.80. The summed E-state index contributed by atoms with van der Waals surface area (Å²) in [5, 5.41) is 3.17. The molecular formula is C17H19ClN2O4S. The van der Waals surface area contributed by atoms with Gasteiger partial charge in [0.05, 0.1) is 17.5 Å². The van der Waals surface area contributed by atoms with Crippen LogP contribution in [0.3, 0.4) is 0 Å². The Hall–Kier alpha value is -2.09. The number of carbonyl (C=O) groups excluding carboxylic acids is 1. The van der Waals surface area contributed by atoms with Crippen molar-refractivity contribution in [3.05, 3.63) is 53.6 Å². The van der Waals surface area contributed by atoms with Crippen LogP contribution in [0.5, 0.6) is 5.75 Å². The van der Waals surface area contributed by atoms with Crippen molar-refractivity contribution < 1.29 is 17.9 Å². The van der Waals surface area contributed by atoms with Crippen molar-refractivity contribution in [3.8, 4) is 5.75 Å². The smallest absolute Gasteiger partial charge is 0.242 e. The number of nitrogens with one attached hydrogen (secondary N) is 2. The maximum absolute atomic E-state index is 12.4. The van der Waals surface area contributed by atoms with Gasteiger partial charge < -0.3 is 10.1 Å². The molecule has 6 nitrogen and oxygen atoms in total. The molecule has 8 heteroatoms. The lowest BCUT2D eigenvalue weighted by atomic mass is 10.3. The SMILES string of the molecule is CCOc1ccc(S(=O)(=O)N[C@@H](C)C(=O)Nc2ccc(Cl)cc2)cc1. The molecule has 0 aliphatic carbocycles. The lowest BCUT2D eigenvalue weighted by Gasteiger charge is -2.15. The van der Waals surface area contributed by atoms with E-state index in [1.165, 1.54) is 19.1 Å². The first-order valence-corrected chi connectivity index (χ1v) is 9.49. The zero-order valence-electron chi connectivity index (χ0n) is 13.8. The van der Waals surface area contributed by atoms with Crippen LogP contribution >= 0.6 is 11.6 Å². The third-order valence-electron chi connectivity index (χ3n) is 3.28. The van der Waals surface area contributed by atoms with Crippen molar-refractivity contribution in [2.75, 3.05) is 11.9 Å². The normalized spacial score (nSPS) is 12.4. The molecule has 0 heterocycles. The van der Waals surface area contributed by atoms with Gasteiger partial charge in [-0.2, -0.15) is 4.72 Å². The van der Waals surface area contributed by atoms with E-state index in [2.05, 4.69) is 10.0 Å². The number of anilines is 1. The van der Waals surface area contributed by atoms with Crippen LogP contribution in [0.15, 0.2) is 53.4 Å². The highest BCUT2D eigenvalue weighted by atomic mass is 35.5. The van der Waals surface area contributed by atoms with Crippen molar-refractivity contribution in [1.82, 2.24) is 4.72 Å². The van der Waals surface area contributed by atoms with Crippen molar-refractivity contribution in [1.29, 1.82) is 0 Å². The number of hydrogen-bond acceptors (Lipinski definition) is 4. The van der Waals surface area contributed by atoms with Gasteiger partial charge in [0, 0.05) is 10.7 Å². The van der Waals surface area contributed by atoms with Crippen molar-refractivity contribution in [2.24, 2.45) is 0 Å². The number of carbonyl (C=O) groups is 1. The van der Waals surface area contributed by atoms with E-state index in [0.717, 1.165) is 0 Å². The Morgan fingerprint density at radius 3 is 2.28 bits per heavy atom. The highest BCUT2D eigenvalue weighted by Gasteiger charge is 2.22. The van der Waals surface area contributed by atoms with Crippen LogP contribution in [-0.2, 0) is 14.8 Å². The fourth-order valence-electron chi connectivity index (χ4n) is 2.02. The summed E-state index contributed by atoms with van der Waals surface area (Å²) in [7, 11) is -3.82. The Bertz CT molecular complexity index is 821. The van der Waals surface area contributed by atoms with Crippen LogP contribution in [0.25, 0.3) is 0 Å². The van der Waals surface area contributed by atoms with Gasteiger partial charge in [0.1, 0.15) is 5.75 Å². The summed E-state index contributed by atoms with van der Waals surface area (Å²) in [6, 6.07) is 11.6. The van der Waals surface area contributed by atoms with E-state index >= 15 is 0 Å². The van der Waals surface area contributed by atoms with Crippen LogP contribution in [0.4, 0.5) is 5.69 Å². The fraction of sp³-hybridized carbons (Fsp3) is 0.235. The van der Waals surface area contributed by atoms with E-state index in [9.17, 15) is 13.2 Å². The maximum Gasteiger partial charge on any atom is 0.242 e. The second-order valence-electron chi connectivity index (χ2n) is 5.24. The quantitative estimate of drug-likeness (QED) is 0.770. The van der Waals surface area contributed by atoms with E-state index in [-0.39, 0.29) is 4.90 Å². The molecule has 0 saturated carbocycles. The molecule has 0 unspecified atom stereocenters. The van der Waals surface area contributed by atoms with Crippen LogP contribution in [-0.4, -0.2) is 27.0 Å². The van der Waals surface area contributed by atoms with E-state index in [1.807, 2.05) is 6.92 Å². The minimum atomic E-state index is -3.82. The number of rotatable bonds is 7. The van der Waals surface area contributed by atoms with Gasteiger partial charge in [-0.1, -0.05) is 11.6 Å². The number of ether oxygens (including phenoxy) is 1. The lowest BCUT2D eigenvalue weighted by Crippen LogP contribution is -2.41. The molecule has 0 saturated heterocycles. The predicted molar refractivity (Wildman–Crippen MR) is 97.5 cm³/mol. The minimum Gasteiger partial charge on any atom is -0.494 e. The second-order valence-corrected chi connectivity index (χ2v) is 7.39. The van der Waals surface area contributed by atoms with Gasteiger partial charge in [-0.25, -0.2) is 8.42 Å². The third-order valence-corrected chi connectivity index (χ3v) is 5.09. The number of halogens is 1. The van der Waals surface area contributed by atoms with Crippen LogP contribution < -0.4 is 14.8 Å². The maximum atomic E-state index is 12.4. The van der Waals surface area contributed by atoms with E-state index in [1.54, 1.807) is 36.4 Å². The molecule has 0 spiro atoms. The standard InChI is InChI=1S/C17H19ClN2O4S/c1-3-24-15-8-10-16(11-9-15)25(22,23)20-12(2)17(21)19-14-6-4-13(18)5-7-14/h4-12,20H,3H2,1-2H3,(H,19,21)/t12-/m0/s1. The summed E-state index contributed by atoms with van der Waals surface area (Å²) in [4.78, 5) is 12.2. The average molecular weight is 383 g/mol. The van der Waals surface area contributed by atoms with Crippen molar-refractivity contribution in [2.45, 2.75) is 24.8 Å². The summed E-state index contributed by atoms with van der Waals surface area (Å²) in [5.41, 5.74) is 0.529. The van der Waals surface area contributed by atoms with E-state index < -0.39 is 22.0 Å². The molecule has 2 aromatic carbocycles. The zero-order valence-corrected chi connectivity index (χ0v) is 15.4. The molecule has 1 amide bonds. The molecule has 134 valence electrons. The third kappa shape index (κ3) is 5.45. The predicted octanol–water partition coefficient (Wildman–Crippen LogP) is 3.04. The first kappa shape index (κ1) is 19.2. The van der Waals surface area contributed by atoms with Gasteiger partial charge in [-0.15, -0.1) is 0 Å². The fourth-order valence-corrected chi connectivity index (χ4v) is 3.35. The first-order valence-electron chi connectivity index (χ1n) is 7.63. The van der Waals surface area contributed by atoms with Crippen LogP contribution in [0, 0.1) is 0 Å². The molecule has 0 fully saturated rings. The highest BCUT2D eigenvalue weighted by Crippen LogP contribution is 2.17. The first-order chi connectivity index (χ1) is 11.8. The van der Waals surface area contributed by atoms with Crippen molar-refractivity contribution in [3.63, 3.8) is 0 Å². The van der Waals surface area contributed by atoms with E-state index in [0.29, 0.717) is 23.1 Å². The molecule has 0 radical (unpaired) electrons. The number of benzene rings is 2. The Balaban J connectivity index is 2.03. The summed E-state index contributed by atoms with van der Waals surface area (Å²) in [6.07, 6.45) is 0. The van der Waals surface area contributed by atoms with Crippen molar-refractivity contribution >= 4 is 33.2 Å². The van der Waals surface area contributed by atoms with Crippen LogP contribution in [0.1, 0.15) is 13.8 Å². The monoisotopic (exact) mass is 382 g/mol. The summed E-state index contributed by atoms with van der Waals surface area (Å²) >= 11 is 5.78. The topological polar surface area (TPSA) is 84.5 Å². The molecule has 0 bridgehead atoms. The Kier molecular flexibility index (Phi) is 6.41. The molecule has 0 aromatic heterocycles. The van der Waals surface area contributed by atoms with Crippen LogP contribution in [0.2, 0.25) is 5.02 Å². The number of sulfonamides is 1. The zero-order chi connectivity index (χ0) is 18.4. The number of amides is 1. The Labute approximate surface area is 152 Å². The second kappa shape index (κ2) is 8.33. The average Bonchev–Trinajstić information content (AvgIpc) is 2.57. The minimum absolute atomic E-state index is 0.0575. The Morgan fingerprint density at radius 2 is 1.72 bits per heavy atom. The largest absolute Gasteiger partial charge is 0.494 e. The summed E-state index contributed by atoms with van der Waals surface area (Å²) in [5.74, 6) is 0.104. The summed E-state index contributed by atoms with van der Waals surface area (Å²) < 4.78 is 32.4. The molecule has 2 rings (SSSR count). The van der Waals surface area contributed by atoms with Gasteiger partial charge in [-0.3, -0.25) is 4.79 Å². The molecule has 0 aliphatic heterocycles. The van der Waals surface area contributed by atoms with E-state index in [4.69, 9.17) is 16.3 Å². The van der Waals surface area contributed by atoms with Gasteiger partial charge >= 0.3 is 0 Å². The molecule has 2 N–H and O–H groups in total. The Morgan fingerprint density at radius 1 is 1.12 bits per heavy atom. The van der Waals surface area contributed by atoms with Gasteiger partial charge in [0.15, 0.2) is 0 Å². The molecule has 1 atom stereocenters. The number of hydrogen-bond donors (Lipinski definition) is 2. The highest BCUT2D eigenvalue weighted by molar-refractivity contribution is 7.89. The lowest BCUT2D eigenvalue weighted by molar-refractivity contribution is -0.117. The molecule has 2 aromatic rings. The molecule has 25 heavy (non-hydrogen) atoms. The molecular weight excluding hydrogens is 364 g/mol. The molecule has 0 aliphatic rings. The van der Waals surface area contributed by atoms with Gasteiger partial charge in [0.25, 0.3) is 0 Å².